The topological polar surface area (TPSA) is 0 Å². The first-order chi connectivity index (χ1) is 2.89. The molecular weight excluding hydrogens is 173 g/mol. The molecule has 0 atom stereocenters. The molecule has 1 rings (SSSR count). The van der Waals surface area contributed by atoms with Crippen molar-refractivity contribution in [2.45, 2.75) is 25.7 Å². The van der Waals surface area contributed by atoms with Gasteiger partial charge in [0.1, 0.15) is 0 Å². The van der Waals surface area contributed by atoms with Gasteiger partial charge in [-0.3, -0.25) is 0 Å². The second kappa shape index (κ2) is 6.23. The summed E-state index contributed by atoms with van der Waals surface area (Å²) >= 11 is 0. The van der Waals surface area contributed by atoms with Crippen LogP contribution in [0.15, 0.2) is 0 Å². The fourth-order valence-corrected chi connectivity index (χ4v) is 1.01. The molecular formula is C7H14Y-2. The van der Waals surface area contributed by atoms with Crippen LogP contribution in [-0.4, -0.2) is 0 Å². The summed E-state index contributed by atoms with van der Waals surface area (Å²) in [5, 5.41) is 0. The van der Waals surface area contributed by atoms with E-state index in [1.54, 1.807) is 0 Å². The molecule has 0 aromatic rings. The van der Waals surface area contributed by atoms with Crippen LogP contribution in [0.1, 0.15) is 25.7 Å². The maximum Gasteiger partial charge on any atom is 0 e. The van der Waals surface area contributed by atoms with Crippen LogP contribution in [0, 0.1) is 20.3 Å². The van der Waals surface area contributed by atoms with Gasteiger partial charge in [-0.1, -0.05) is 25.7 Å². The largest absolute Gasteiger partial charge is 0.358 e. The van der Waals surface area contributed by atoms with Crippen molar-refractivity contribution in [3.05, 3.63) is 14.4 Å². The van der Waals surface area contributed by atoms with Crippen molar-refractivity contribution in [3.63, 3.8) is 0 Å². The minimum absolute atomic E-state index is 0. The van der Waals surface area contributed by atoms with Gasteiger partial charge in [-0.05, 0) is 0 Å². The first kappa shape index (κ1) is 11.8. The van der Waals surface area contributed by atoms with E-state index in [-0.39, 0.29) is 40.1 Å². The Balaban J connectivity index is 0. The Labute approximate surface area is 78.3 Å². The third-order valence-corrected chi connectivity index (χ3v) is 1.47. The Kier molecular flexibility index (Phi) is 9.22. The molecule has 1 aliphatic carbocycles. The zero-order valence-electron chi connectivity index (χ0n) is 5.69. The van der Waals surface area contributed by atoms with Crippen molar-refractivity contribution in [2.24, 2.45) is 5.92 Å². The van der Waals surface area contributed by atoms with Crippen LogP contribution in [0.25, 0.3) is 0 Å². The van der Waals surface area contributed by atoms with Gasteiger partial charge in [0.05, 0.1) is 0 Å². The molecule has 0 bridgehead atoms. The Morgan fingerprint density at radius 3 is 1.62 bits per heavy atom. The Bertz CT molecular complexity index is 37.7. The molecule has 0 N–H and O–H groups in total. The van der Waals surface area contributed by atoms with Crippen molar-refractivity contribution >= 4 is 0 Å². The van der Waals surface area contributed by atoms with Gasteiger partial charge in [0.2, 0.25) is 0 Å². The van der Waals surface area contributed by atoms with Gasteiger partial charge in [0, 0.05) is 32.7 Å². The molecule has 0 unspecified atom stereocenters. The third kappa shape index (κ3) is 4.03. The van der Waals surface area contributed by atoms with Gasteiger partial charge in [-0.25, -0.2) is 0 Å². The van der Waals surface area contributed by atoms with E-state index in [0.717, 1.165) is 5.92 Å². The van der Waals surface area contributed by atoms with Gasteiger partial charge in [0.25, 0.3) is 0 Å². The molecule has 1 radical (unpaired) electrons. The summed E-state index contributed by atoms with van der Waals surface area (Å²) in [5.74, 6) is 0.796. The van der Waals surface area contributed by atoms with Crippen LogP contribution in [0.5, 0.6) is 0 Å². The molecule has 0 aromatic heterocycles. The van der Waals surface area contributed by atoms with E-state index in [2.05, 4.69) is 6.92 Å². The van der Waals surface area contributed by atoms with Gasteiger partial charge in [-0.2, -0.15) is 5.92 Å². The normalized spacial score (nSPS) is 19.1. The first-order valence-electron chi connectivity index (χ1n) is 2.72. The van der Waals surface area contributed by atoms with Crippen LogP contribution in [0.4, 0.5) is 0 Å². The Hall–Kier alpha value is 1.10. The second-order valence-electron chi connectivity index (χ2n) is 2.15. The molecule has 0 heterocycles. The molecule has 8 heavy (non-hydrogen) atoms. The molecule has 47 valence electrons. The van der Waals surface area contributed by atoms with Crippen LogP contribution in [0.3, 0.4) is 0 Å². The monoisotopic (exact) mass is 187 g/mol. The van der Waals surface area contributed by atoms with E-state index in [9.17, 15) is 0 Å². The van der Waals surface area contributed by atoms with Crippen LogP contribution < -0.4 is 0 Å². The van der Waals surface area contributed by atoms with Gasteiger partial charge in [-0.15, -0.1) is 0 Å². The molecule has 0 amide bonds. The SMILES string of the molecule is [CH2-]C1CCCC1.[CH3-].[Y]. The minimum Gasteiger partial charge on any atom is -0.358 e. The number of hydrogen-bond donors (Lipinski definition) is 0. The van der Waals surface area contributed by atoms with Crippen LogP contribution in [0.2, 0.25) is 0 Å². The zero-order valence-corrected chi connectivity index (χ0v) is 8.53. The van der Waals surface area contributed by atoms with Crippen molar-refractivity contribution < 1.29 is 32.7 Å². The molecule has 1 fully saturated rings. The van der Waals surface area contributed by atoms with Crippen molar-refractivity contribution in [1.29, 1.82) is 0 Å². The minimum atomic E-state index is 0. The maximum atomic E-state index is 3.94. The van der Waals surface area contributed by atoms with Gasteiger partial charge in [0.15, 0.2) is 0 Å². The first-order valence-corrected chi connectivity index (χ1v) is 2.72. The van der Waals surface area contributed by atoms with Gasteiger partial charge >= 0.3 is 0 Å². The Morgan fingerprint density at radius 2 is 1.50 bits per heavy atom. The summed E-state index contributed by atoms with van der Waals surface area (Å²) in [6.45, 7) is 3.94. The molecule has 0 saturated heterocycles. The molecule has 1 aliphatic rings. The molecule has 1 saturated carbocycles. The van der Waals surface area contributed by atoms with E-state index >= 15 is 0 Å². The molecule has 0 spiro atoms. The smallest absolute Gasteiger partial charge is 0 e. The maximum absolute atomic E-state index is 3.94. The number of hydrogen-bond acceptors (Lipinski definition) is 0. The van der Waals surface area contributed by atoms with Crippen molar-refractivity contribution in [2.75, 3.05) is 0 Å². The predicted octanol–water partition coefficient (Wildman–Crippen LogP) is 2.46. The molecule has 1 heteroatoms. The molecule has 0 nitrogen and oxygen atoms in total. The Morgan fingerprint density at radius 1 is 1.12 bits per heavy atom. The van der Waals surface area contributed by atoms with E-state index in [1.807, 2.05) is 0 Å². The zero-order chi connectivity index (χ0) is 4.41. The van der Waals surface area contributed by atoms with Crippen LogP contribution >= 0.6 is 0 Å². The van der Waals surface area contributed by atoms with E-state index < -0.39 is 0 Å². The van der Waals surface area contributed by atoms with E-state index in [4.69, 9.17) is 0 Å². The number of rotatable bonds is 0. The third-order valence-electron chi connectivity index (χ3n) is 1.47. The van der Waals surface area contributed by atoms with Crippen molar-refractivity contribution in [1.82, 2.24) is 0 Å². The molecule has 0 aromatic carbocycles. The van der Waals surface area contributed by atoms with Crippen LogP contribution in [-0.2, 0) is 32.7 Å². The second-order valence-corrected chi connectivity index (χ2v) is 2.15. The fraction of sp³-hybridized carbons (Fsp3) is 0.714. The van der Waals surface area contributed by atoms with Gasteiger partial charge < -0.3 is 14.4 Å². The summed E-state index contributed by atoms with van der Waals surface area (Å²) in [6, 6.07) is 0. The average Bonchev–Trinajstić information content (AvgIpc) is 1.86. The quantitative estimate of drug-likeness (QED) is 0.511. The fourth-order valence-electron chi connectivity index (χ4n) is 1.01. The summed E-state index contributed by atoms with van der Waals surface area (Å²) in [7, 11) is 0. The van der Waals surface area contributed by atoms with E-state index in [0.29, 0.717) is 0 Å². The summed E-state index contributed by atoms with van der Waals surface area (Å²) in [5.41, 5.74) is 0. The standard InChI is InChI=1S/C6H11.CH3.Y/c1-6-4-2-3-5-6;;/h6H,1-5H2;1H3;/q2*-1;. The summed E-state index contributed by atoms with van der Waals surface area (Å²) < 4.78 is 0. The van der Waals surface area contributed by atoms with Crippen molar-refractivity contribution in [3.8, 4) is 0 Å². The summed E-state index contributed by atoms with van der Waals surface area (Å²) in [6.07, 6.45) is 5.60. The van der Waals surface area contributed by atoms with E-state index in [1.165, 1.54) is 25.7 Å². The predicted molar refractivity (Wildman–Crippen MR) is 33.7 cm³/mol. The average molecular weight is 187 g/mol. The molecule has 0 aliphatic heterocycles. The summed E-state index contributed by atoms with van der Waals surface area (Å²) in [4.78, 5) is 0.